The lowest BCUT2D eigenvalue weighted by atomic mass is 10.0. The summed E-state index contributed by atoms with van der Waals surface area (Å²) in [6.45, 7) is 21.9. The summed E-state index contributed by atoms with van der Waals surface area (Å²) >= 11 is 0. The second kappa shape index (κ2) is 33.3. The number of nitrogens with zero attached hydrogens (tertiary/aromatic N) is 4. The smallest absolute Gasteiger partial charge is 0.227 e. The van der Waals surface area contributed by atoms with Crippen LogP contribution in [0.4, 0.5) is 0 Å². The van der Waals surface area contributed by atoms with Crippen LogP contribution >= 0.6 is 0 Å². The van der Waals surface area contributed by atoms with E-state index in [1.165, 1.54) is 0 Å². The van der Waals surface area contributed by atoms with Crippen molar-refractivity contribution in [1.82, 2.24) is 19.6 Å². The minimum absolute atomic E-state index is 0.00125. The van der Waals surface area contributed by atoms with Crippen LogP contribution in [0.15, 0.2) is 0 Å². The first-order chi connectivity index (χ1) is 23.9. The summed E-state index contributed by atoms with van der Waals surface area (Å²) in [6, 6.07) is 0. The molecule has 4 amide bonds. The zero-order valence-electron chi connectivity index (χ0n) is 37.3. The molecular formula is C40H84N4O8. The highest BCUT2D eigenvalue weighted by atomic mass is 16.5. The van der Waals surface area contributed by atoms with Gasteiger partial charge in [0.1, 0.15) is 0 Å². The summed E-state index contributed by atoms with van der Waals surface area (Å²) in [7, 11) is 17.4. The van der Waals surface area contributed by atoms with E-state index in [9.17, 15) is 19.2 Å². The Balaban J connectivity index is -0.000000299. The van der Waals surface area contributed by atoms with Gasteiger partial charge in [-0.1, -0.05) is 55.4 Å². The van der Waals surface area contributed by atoms with Gasteiger partial charge in [-0.15, -0.1) is 0 Å². The van der Waals surface area contributed by atoms with Crippen LogP contribution in [0, 0.1) is 23.7 Å². The Morgan fingerprint density at radius 1 is 0.481 bits per heavy atom. The van der Waals surface area contributed by atoms with E-state index in [1.54, 1.807) is 90.2 Å². The Kier molecular flexibility index (Phi) is 36.2. The molecule has 0 bridgehead atoms. The van der Waals surface area contributed by atoms with Crippen LogP contribution in [0.3, 0.4) is 0 Å². The van der Waals surface area contributed by atoms with Gasteiger partial charge in [-0.25, -0.2) is 0 Å². The van der Waals surface area contributed by atoms with Gasteiger partial charge in [-0.3, -0.25) is 19.2 Å². The number of carbonyl (C=O) groups is 4. The highest BCUT2D eigenvalue weighted by molar-refractivity contribution is 5.79. The van der Waals surface area contributed by atoms with Crippen molar-refractivity contribution in [3.8, 4) is 0 Å². The molecule has 0 aromatic carbocycles. The first-order valence-electron chi connectivity index (χ1n) is 19.1. The lowest BCUT2D eigenvalue weighted by molar-refractivity contribution is -0.137. The van der Waals surface area contributed by atoms with Gasteiger partial charge in [-0.2, -0.15) is 0 Å². The number of carbonyl (C=O) groups excluding carboxylic acids is 4. The lowest BCUT2D eigenvalue weighted by Crippen LogP contribution is -2.35. The Morgan fingerprint density at radius 3 is 1.12 bits per heavy atom. The Labute approximate surface area is 320 Å². The van der Waals surface area contributed by atoms with E-state index in [0.29, 0.717) is 24.7 Å². The van der Waals surface area contributed by atoms with Crippen molar-refractivity contribution in [2.24, 2.45) is 23.7 Å². The fourth-order valence-corrected chi connectivity index (χ4v) is 3.99. The van der Waals surface area contributed by atoms with Gasteiger partial charge in [0.2, 0.25) is 23.6 Å². The first kappa shape index (κ1) is 56.5. The zero-order chi connectivity index (χ0) is 41.7. The van der Waals surface area contributed by atoms with Crippen LogP contribution in [-0.2, 0) is 38.1 Å². The summed E-state index contributed by atoms with van der Waals surface area (Å²) in [4.78, 5) is 51.9. The molecule has 0 aliphatic heterocycles. The topological polar surface area (TPSA) is 118 Å². The molecule has 0 aliphatic rings. The lowest BCUT2D eigenvalue weighted by Gasteiger charge is -2.23. The molecule has 0 N–H and O–H groups in total. The van der Waals surface area contributed by atoms with E-state index in [0.717, 1.165) is 38.9 Å². The molecule has 312 valence electrons. The van der Waals surface area contributed by atoms with Gasteiger partial charge >= 0.3 is 0 Å². The minimum Gasteiger partial charge on any atom is -0.381 e. The Hall–Kier alpha value is -2.28. The Bertz CT molecular complexity index is 893. The molecule has 0 aliphatic carbocycles. The molecule has 12 nitrogen and oxygen atoms in total. The second-order valence-corrected chi connectivity index (χ2v) is 15.1. The van der Waals surface area contributed by atoms with Crippen molar-refractivity contribution < 1.29 is 38.1 Å². The highest BCUT2D eigenvalue weighted by Crippen LogP contribution is 2.12. The third kappa shape index (κ3) is 31.3. The van der Waals surface area contributed by atoms with Gasteiger partial charge in [0, 0.05) is 83.8 Å². The number of ether oxygens (including phenoxy) is 4. The standard InChI is InChI=1S/2C12H25NO2.2C8H17NO2/c1-9(2)7-8-15-11(4)10(3)12(14)13(5)6;1-6-11(9-12(14)13(4)5)15-8-7-10(2)3;1-6(7(2)11-5)8(10)9(3)4;1-5-7(11-4)6-8(10)9(2)3/h9-11H,7-8H2,1-6H3;10-11H,6-9H2,1-5H3;6-7H,1-5H3;7H,5-6H2,1-4H3. The molecule has 0 saturated heterocycles. The zero-order valence-corrected chi connectivity index (χ0v) is 37.3. The van der Waals surface area contributed by atoms with Crippen molar-refractivity contribution in [3.63, 3.8) is 0 Å². The summed E-state index contributed by atoms with van der Waals surface area (Å²) in [6.07, 6.45) is 5.03. The van der Waals surface area contributed by atoms with Gasteiger partial charge < -0.3 is 38.5 Å². The van der Waals surface area contributed by atoms with Crippen LogP contribution in [0.5, 0.6) is 0 Å². The van der Waals surface area contributed by atoms with Crippen molar-refractivity contribution in [2.75, 3.05) is 83.8 Å². The van der Waals surface area contributed by atoms with E-state index in [-0.39, 0.29) is 59.9 Å². The fraction of sp³-hybridized carbons (Fsp3) is 0.900. The molecular weight excluding hydrogens is 664 g/mol. The van der Waals surface area contributed by atoms with E-state index < -0.39 is 0 Å². The molecule has 6 unspecified atom stereocenters. The number of amides is 4. The quantitative estimate of drug-likeness (QED) is 0.147. The van der Waals surface area contributed by atoms with E-state index >= 15 is 0 Å². The van der Waals surface area contributed by atoms with Crippen molar-refractivity contribution in [2.45, 2.75) is 132 Å². The van der Waals surface area contributed by atoms with Crippen LogP contribution in [-0.4, -0.2) is 151 Å². The fourth-order valence-electron chi connectivity index (χ4n) is 3.99. The third-order valence-corrected chi connectivity index (χ3v) is 8.61. The van der Waals surface area contributed by atoms with Crippen molar-refractivity contribution >= 4 is 23.6 Å². The predicted octanol–water partition coefficient (Wildman–Crippen LogP) is 6.10. The summed E-state index contributed by atoms with van der Waals surface area (Å²) in [5.74, 6) is 1.70. The SMILES string of the molecule is CC(C)CCOC(C)C(C)C(=O)N(C)C.CCC(CC(=O)N(C)C)OC.CCC(CC(=O)N(C)C)OCCC(C)C.COC(C)C(C)C(=O)N(C)C. The second-order valence-electron chi connectivity index (χ2n) is 15.1. The average molecular weight is 749 g/mol. The summed E-state index contributed by atoms with van der Waals surface area (Å²) in [5.41, 5.74) is 0. The highest BCUT2D eigenvalue weighted by Gasteiger charge is 2.22. The first-order valence-corrected chi connectivity index (χ1v) is 19.1. The minimum atomic E-state index is -0.0628. The molecule has 6 atom stereocenters. The molecule has 0 aromatic rings. The number of hydrogen-bond donors (Lipinski definition) is 0. The van der Waals surface area contributed by atoms with E-state index in [1.807, 2.05) is 34.6 Å². The average Bonchev–Trinajstić information content (AvgIpc) is 3.08. The maximum atomic E-state index is 11.6. The molecule has 0 radical (unpaired) electrons. The van der Waals surface area contributed by atoms with Gasteiger partial charge in [-0.05, 0) is 51.4 Å². The normalized spacial score (nSPS) is 14.1. The van der Waals surface area contributed by atoms with Gasteiger partial charge in [0.15, 0.2) is 0 Å². The van der Waals surface area contributed by atoms with Gasteiger partial charge in [0.25, 0.3) is 0 Å². The largest absolute Gasteiger partial charge is 0.381 e. The van der Waals surface area contributed by atoms with Crippen LogP contribution < -0.4 is 0 Å². The van der Waals surface area contributed by atoms with E-state index in [4.69, 9.17) is 18.9 Å². The van der Waals surface area contributed by atoms with Crippen LogP contribution in [0.1, 0.15) is 108 Å². The van der Waals surface area contributed by atoms with Crippen LogP contribution in [0.2, 0.25) is 0 Å². The molecule has 0 rings (SSSR count). The van der Waals surface area contributed by atoms with E-state index in [2.05, 4.69) is 34.6 Å². The maximum Gasteiger partial charge on any atom is 0.227 e. The number of methoxy groups -OCH3 is 2. The van der Waals surface area contributed by atoms with Crippen LogP contribution in [0.25, 0.3) is 0 Å². The third-order valence-electron chi connectivity index (χ3n) is 8.61. The molecule has 12 heteroatoms. The Morgan fingerprint density at radius 2 is 0.827 bits per heavy atom. The van der Waals surface area contributed by atoms with Crippen molar-refractivity contribution in [3.05, 3.63) is 0 Å². The molecule has 0 saturated carbocycles. The molecule has 0 heterocycles. The number of hydrogen-bond acceptors (Lipinski definition) is 8. The summed E-state index contributed by atoms with van der Waals surface area (Å²) in [5, 5.41) is 0. The predicted molar refractivity (Wildman–Crippen MR) is 214 cm³/mol. The maximum absolute atomic E-state index is 11.6. The molecule has 0 aromatic heterocycles. The molecule has 0 spiro atoms. The monoisotopic (exact) mass is 749 g/mol. The number of rotatable bonds is 20. The molecule has 0 fully saturated rings. The van der Waals surface area contributed by atoms with Gasteiger partial charge in [0.05, 0.1) is 49.1 Å². The summed E-state index contributed by atoms with van der Waals surface area (Å²) < 4.78 is 21.4. The van der Waals surface area contributed by atoms with Crippen molar-refractivity contribution in [1.29, 1.82) is 0 Å². The molecule has 52 heavy (non-hydrogen) atoms.